The van der Waals surface area contributed by atoms with Gasteiger partial charge in [0.1, 0.15) is 12.4 Å². The number of likely N-dealkylation sites (tertiary alicyclic amines) is 1. The van der Waals surface area contributed by atoms with Crippen molar-refractivity contribution in [2.75, 3.05) is 13.1 Å². The Morgan fingerprint density at radius 1 is 1.07 bits per heavy atom. The van der Waals surface area contributed by atoms with Crippen LogP contribution >= 0.6 is 24.0 Å². The van der Waals surface area contributed by atoms with Gasteiger partial charge in [-0.15, -0.1) is 34.2 Å². The molecule has 2 bridgehead atoms. The lowest BCUT2D eigenvalue weighted by Gasteiger charge is -2.30. The van der Waals surface area contributed by atoms with Crippen molar-refractivity contribution in [1.29, 1.82) is 0 Å². The molecule has 3 aliphatic heterocycles. The molecule has 0 aromatic carbocycles. The molecule has 4 aliphatic rings. The summed E-state index contributed by atoms with van der Waals surface area (Å²) in [5.41, 5.74) is 0. The molecule has 4 atom stereocenters. The van der Waals surface area contributed by atoms with E-state index in [1.165, 1.54) is 44.9 Å². The molecule has 8 heteroatoms. The second-order valence-corrected chi connectivity index (χ2v) is 8.86. The summed E-state index contributed by atoms with van der Waals surface area (Å²) in [7, 11) is 2.02. The van der Waals surface area contributed by atoms with Gasteiger partial charge in [-0.2, -0.15) is 0 Å². The molecule has 5 rings (SSSR count). The topological polar surface area (TPSA) is 67.6 Å². The van der Waals surface area contributed by atoms with Crippen molar-refractivity contribution >= 4 is 29.9 Å². The number of nitrogens with one attached hydrogen (secondary N) is 1. The molecule has 4 heterocycles. The fraction of sp³-hybridized carbons (Fsp3) is 0.850. The van der Waals surface area contributed by atoms with Crippen molar-refractivity contribution in [2.24, 2.45) is 23.9 Å². The number of guanidine groups is 1. The van der Waals surface area contributed by atoms with Crippen LogP contribution < -0.4 is 5.32 Å². The molecule has 1 N–H and O–H groups in total. The van der Waals surface area contributed by atoms with E-state index in [2.05, 4.69) is 20.4 Å². The zero-order chi connectivity index (χ0) is 18.4. The highest BCUT2D eigenvalue weighted by Crippen LogP contribution is 2.47. The van der Waals surface area contributed by atoms with Crippen LogP contribution in [0.4, 0.5) is 0 Å². The fourth-order valence-electron chi connectivity index (χ4n) is 5.53. The third-order valence-corrected chi connectivity index (χ3v) is 7.24. The molecule has 1 aromatic heterocycles. The zero-order valence-corrected chi connectivity index (χ0v) is 19.3. The number of hydrogen-bond acceptors (Lipinski definition) is 4. The quantitative estimate of drug-likeness (QED) is 0.393. The van der Waals surface area contributed by atoms with E-state index in [0.29, 0.717) is 36.6 Å². The van der Waals surface area contributed by atoms with Crippen molar-refractivity contribution in [3.8, 4) is 0 Å². The van der Waals surface area contributed by atoms with E-state index in [0.717, 1.165) is 30.7 Å². The molecule has 7 nitrogen and oxygen atoms in total. The third kappa shape index (κ3) is 3.78. The standard InChI is InChI=1S/C20H32N6O.HI/c1-13-23-24-19(25(13)2)10-21-20(22-14-6-4-3-5-7-14)26-11-15-16(12-26)18-9-8-17(15)27-18;/h14-18H,3-12H2,1-2H3,(H,21,22);1H. The van der Waals surface area contributed by atoms with Gasteiger partial charge in [-0.05, 0) is 32.6 Å². The Hall–Kier alpha value is -0.900. The Bertz CT molecular complexity index is 698. The summed E-state index contributed by atoms with van der Waals surface area (Å²) >= 11 is 0. The lowest BCUT2D eigenvalue weighted by Crippen LogP contribution is -2.46. The molecule has 3 saturated heterocycles. The molecule has 4 fully saturated rings. The molecule has 1 aromatic rings. The molecular weight excluding hydrogens is 467 g/mol. The summed E-state index contributed by atoms with van der Waals surface area (Å²) in [5.74, 6) is 4.33. The predicted octanol–water partition coefficient (Wildman–Crippen LogP) is 2.63. The van der Waals surface area contributed by atoms with Crippen molar-refractivity contribution in [2.45, 2.75) is 76.7 Å². The minimum Gasteiger partial charge on any atom is -0.374 e. The number of fused-ring (bicyclic) bond motifs is 5. The van der Waals surface area contributed by atoms with Crippen molar-refractivity contribution < 1.29 is 4.74 Å². The normalized spacial score (nSPS) is 32.5. The van der Waals surface area contributed by atoms with E-state index < -0.39 is 0 Å². The van der Waals surface area contributed by atoms with Gasteiger partial charge in [0, 0.05) is 38.0 Å². The number of aryl methyl sites for hydroxylation is 1. The Morgan fingerprint density at radius 3 is 2.36 bits per heavy atom. The van der Waals surface area contributed by atoms with E-state index in [-0.39, 0.29) is 24.0 Å². The average molecular weight is 500 g/mol. The maximum Gasteiger partial charge on any atom is 0.194 e. The van der Waals surface area contributed by atoms with E-state index >= 15 is 0 Å². The highest BCUT2D eigenvalue weighted by atomic mass is 127. The van der Waals surface area contributed by atoms with Crippen LogP contribution in [-0.2, 0) is 18.3 Å². The first kappa shape index (κ1) is 20.4. The van der Waals surface area contributed by atoms with Crippen LogP contribution in [0, 0.1) is 18.8 Å². The van der Waals surface area contributed by atoms with Gasteiger partial charge in [-0.1, -0.05) is 19.3 Å². The Morgan fingerprint density at radius 2 is 1.75 bits per heavy atom. The van der Waals surface area contributed by atoms with Gasteiger partial charge in [0.05, 0.1) is 12.2 Å². The van der Waals surface area contributed by atoms with Crippen LogP contribution in [0.1, 0.15) is 56.6 Å². The summed E-state index contributed by atoms with van der Waals surface area (Å²) in [6, 6.07) is 0.562. The summed E-state index contributed by atoms with van der Waals surface area (Å²) < 4.78 is 8.19. The average Bonchev–Trinajstić information content (AvgIpc) is 3.44. The molecule has 1 saturated carbocycles. The van der Waals surface area contributed by atoms with Crippen molar-refractivity contribution in [3.63, 3.8) is 0 Å². The first-order valence-corrected chi connectivity index (χ1v) is 10.8. The van der Waals surface area contributed by atoms with E-state index in [1.54, 1.807) is 0 Å². The van der Waals surface area contributed by atoms with Crippen LogP contribution in [0.2, 0.25) is 0 Å². The predicted molar refractivity (Wildman–Crippen MR) is 119 cm³/mol. The molecular formula is C20H33IN6O. The van der Waals surface area contributed by atoms with Crippen LogP contribution in [0.15, 0.2) is 4.99 Å². The molecule has 1 aliphatic carbocycles. The number of hydrogen-bond donors (Lipinski definition) is 1. The maximum absolute atomic E-state index is 6.16. The monoisotopic (exact) mass is 500 g/mol. The van der Waals surface area contributed by atoms with E-state index in [9.17, 15) is 0 Å². The van der Waals surface area contributed by atoms with Crippen LogP contribution in [0.5, 0.6) is 0 Å². The Labute approximate surface area is 184 Å². The number of aromatic nitrogens is 3. The van der Waals surface area contributed by atoms with Gasteiger partial charge in [0.2, 0.25) is 0 Å². The van der Waals surface area contributed by atoms with Gasteiger partial charge < -0.3 is 19.5 Å². The summed E-state index contributed by atoms with van der Waals surface area (Å²) in [6.45, 7) is 4.74. The number of ether oxygens (including phenoxy) is 1. The second-order valence-electron chi connectivity index (χ2n) is 8.86. The minimum atomic E-state index is 0. The molecule has 28 heavy (non-hydrogen) atoms. The largest absolute Gasteiger partial charge is 0.374 e. The fourth-order valence-corrected chi connectivity index (χ4v) is 5.53. The van der Waals surface area contributed by atoms with Crippen LogP contribution in [-0.4, -0.2) is 57.0 Å². The van der Waals surface area contributed by atoms with Gasteiger partial charge >= 0.3 is 0 Å². The minimum absolute atomic E-state index is 0. The van der Waals surface area contributed by atoms with Gasteiger partial charge in [0.25, 0.3) is 0 Å². The molecule has 4 unspecified atom stereocenters. The van der Waals surface area contributed by atoms with Gasteiger partial charge in [-0.25, -0.2) is 4.99 Å². The number of nitrogens with zero attached hydrogens (tertiary/aromatic N) is 5. The first-order valence-electron chi connectivity index (χ1n) is 10.8. The highest BCUT2D eigenvalue weighted by Gasteiger charge is 2.53. The molecule has 0 spiro atoms. The Kier molecular flexibility index (Phi) is 6.15. The summed E-state index contributed by atoms with van der Waals surface area (Å²) in [6.07, 6.45) is 10.0. The summed E-state index contributed by atoms with van der Waals surface area (Å²) in [4.78, 5) is 7.51. The number of halogens is 1. The van der Waals surface area contributed by atoms with Crippen LogP contribution in [0.25, 0.3) is 0 Å². The summed E-state index contributed by atoms with van der Waals surface area (Å²) in [5, 5.41) is 12.3. The van der Waals surface area contributed by atoms with E-state index in [4.69, 9.17) is 9.73 Å². The third-order valence-electron chi connectivity index (χ3n) is 7.24. The Balaban J connectivity index is 0.00000192. The second kappa shape index (κ2) is 8.45. The lowest BCUT2D eigenvalue weighted by atomic mass is 9.82. The van der Waals surface area contributed by atoms with Crippen LogP contribution in [0.3, 0.4) is 0 Å². The number of aliphatic imine (C=N–C) groups is 1. The van der Waals surface area contributed by atoms with Gasteiger partial charge in [-0.3, -0.25) is 0 Å². The smallest absolute Gasteiger partial charge is 0.194 e. The van der Waals surface area contributed by atoms with Gasteiger partial charge in [0.15, 0.2) is 11.8 Å². The van der Waals surface area contributed by atoms with Crippen molar-refractivity contribution in [3.05, 3.63) is 11.6 Å². The number of rotatable bonds is 3. The SMILES string of the molecule is Cc1nnc(CN=C(NC2CCCCC2)N2CC3C4CCC(O4)C3C2)n1C.I. The molecule has 0 radical (unpaired) electrons. The maximum atomic E-state index is 6.16. The zero-order valence-electron chi connectivity index (χ0n) is 17.0. The highest BCUT2D eigenvalue weighted by molar-refractivity contribution is 14.0. The van der Waals surface area contributed by atoms with E-state index in [1.807, 2.05) is 18.5 Å². The molecule has 0 amide bonds. The lowest BCUT2D eigenvalue weighted by molar-refractivity contribution is 0.0766. The molecule has 156 valence electrons. The van der Waals surface area contributed by atoms with Crippen molar-refractivity contribution in [1.82, 2.24) is 25.0 Å². The first-order chi connectivity index (χ1) is 13.2.